The molecule has 2 unspecified atom stereocenters. The lowest BCUT2D eigenvalue weighted by molar-refractivity contribution is 0.0202. The van der Waals surface area contributed by atoms with Crippen molar-refractivity contribution in [3.8, 4) is 11.3 Å². The van der Waals surface area contributed by atoms with E-state index in [4.69, 9.17) is 32.5 Å². The van der Waals surface area contributed by atoms with Gasteiger partial charge < -0.3 is 14.2 Å². The van der Waals surface area contributed by atoms with Crippen LogP contribution < -0.4 is 9.62 Å². The molecule has 15 heteroatoms. The Hall–Kier alpha value is -3.26. The van der Waals surface area contributed by atoms with Gasteiger partial charge in [0.15, 0.2) is 16.7 Å². The number of thiazole rings is 1. The van der Waals surface area contributed by atoms with Gasteiger partial charge in [-0.2, -0.15) is 0 Å². The normalized spacial score (nSPS) is 21.5. The molecule has 0 radical (unpaired) electrons. The molecule has 7 rings (SSSR count). The van der Waals surface area contributed by atoms with Crippen LogP contribution in [0, 0.1) is 5.82 Å². The number of nitrogens with zero attached hydrogens (tertiary/aromatic N) is 3. The third-order valence-electron chi connectivity index (χ3n) is 8.23. The lowest BCUT2D eigenvalue weighted by Crippen LogP contribution is -2.46. The maximum atomic E-state index is 15.0. The molecule has 1 saturated carbocycles. The number of sulfonamides is 1. The maximum Gasteiger partial charge on any atom is 0.344 e. The molecule has 2 aliphatic heterocycles. The number of ether oxygens (including phenoxy) is 1. The summed E-state index contributed by atoms with van der Waals surface area (Å²) in [7, 11) is -3.81. The van der Waals surface area contributed by atoms with Crippen LogP contribution in [0.5, 0.6) is 0 Å². The van der Waals surface area contributed by atoms with Crippen LogP contribution in [0.25, 0.3) is 21.5 Å². The zero-order valence-corrected chi connectivity index (χ0v) is 26.3. The van der Waals surface area contributed by atoms with Gasteiger partial charge in [-0.1, -0.05) is 45.8 Å². The predicted molar refractivity (Wildman–Crippen MR) is 164 cm³/mol. The topological polar surface area (TPSA) is 132 Å². The summed E-state index contributed by atoms with van der Waals surface area (Å²) in [6.45, 7) is 0. The van der Waals surface area contributed by atoms with Crippen LogP contribution in [0.4, 0.5) is 9.52 Å². The van der Waals surface area contributed by atoms with E-state index in [1.54, 1.807) is 18.2 Å². The average molecular weight is 680 g/mol. The molecule has 2 bridgehead atoms. The second kappa shape index (κ2) is 11.0. The number of hydrogen-bond donors (Lipinski definition) is 1. The largest absolute Gasteiger partial charge is 0.458 e. The molecular weight excluding hydrogens is 654 g/mol. The highest BCUT2D eigenvalue weighted by molar-refractivity contribution is 7.89. The summed E-state index contributed by atoms with van der Waals surface area (Å²) in [5, 5.41) is 5.50. The molecule has 2 atom stereocenters. The van der Waals surface area contributed by atoms with Crippen LogP contribution in [0.2, 0.25) is 10.0 Å². The van der Waals surface area contributed by atoms with Gasteiger partial charge >= 0.3 is 5.97 Å². The van der Waals surface area contributed by atoms with Crippen molar-refractivity contribution in [1.82, 2.24) is 14.9 Å². The average Bonchev–Trinajstić information content (AvgIpc) is 3.44. The molecule has 4 heterocycles. The highest BCUT2D eigenvalue weighted by Gasteiger charge is 2.45. The summed E-state index contributed by atoms with van der Waals surface area (Å²) in [6, 6.07) is 7.50. The number of fused-ring (bicyclic) bond motifs is 3. The highest BCUT2D eigenvalue weighted by atomic mass is 35.5. The molecule has 230 valence electrons. The van der Waals surface area contributed by atoms with Gasteiger partial charge in [0.2, 0.25) is 10.0 Å². The van der Waals surface area contributed by atoms with Gasteiger partial charge in [0.05, 0.1) is 21.0 Å². The van der Waals surface area contributed by atoms with E-state index in [2.05, 4.69) is 15.0 Å². The number of piperidine rings is 1. The quantitative estimate of drug-likeness (QED) is 0.223. The fourth-order valence-corrected chi connectivity index (χ4v) is 8.40. The molecule has 1 amide bonds. The predicted octanol–water partition coefficient (Wildman–Crippen LogP) is 6.32. The van der Waals surface area contributed by atoms with Crippen molar-refractivity contribution in [1.29, 1.82) is 0 Å². The van der Waals surface area contributed by atoms with Gasteiger partial charge in [0, 0.05) is 42.0 Å². The molecule has 0 spiro atoms. The van der Waals surface area contributed by atoms with Gasteiger partial charge in [-0.25, -0.2) is 27.3 Å². The Morgan fingerprint density at radius 3 is 2.43 bits per heavy atom. The Labute approximate surface area is 265 Å². The highest BCUT2D eigenvalue weighted by Crippen LogP contribution is 2.47. The third-order valence-corrected chi connectivity index (χ3v) is 10.4. The molecular formula is C29H25Cl2FN4O6S2. The molecule has 2 saturated heterocycles. The van der Waals surface area contributed by atoms with E-state index in [0.29, 0.717) is 44.0 Å². The summed E-state index contributed by atoms with van der Waals surface area (Å²) >= 11 is 14.1. The summed E-state index contributed by atoms with van der Waals surface area (Å²) < 4.78 is 52.0. The van der Waals surface area contributed by atoms with Crippen molar-refractivity contribution in [2.45, 2.75) is 62.6 Å². The van der Waals surface area contributed by atoms with Crippen LogP contribution >= 0.6 is 34.5 Å². The number of anilines is 1. The van der Waals surface area contributed by atoms with E-state index in [1.165, 1.54) is 17.4 Å². The minimum Gasteiger partial charge on any atom is -0.458 e. The van der Waals surface area contributed by atoms with Gasteiger partial charge in [-0.3, -0.25) is 4.79 Å². The zero-order valence-electron chi connectivity index (χ0n) is 23.2. The second-order valence-corrected chi connectivity index (χ2v) is 15.0. The molecule has 2 aromatic carbocycles. The molecule has 3 fully saturated rings. The van der Waals surface area contributed by atoms with Gasteiger partial charge in [0.25, 0.3) is 5.91 Å². The van der Waals surface area contributed by atoms with Crippen LogP contribution in [-0.2, 0) is 14.8 Å². The van der Waals surface area contributed by atoms with Crippen molar-refractivity contribution in [2.75, 3.05) is 11.2 Å². The Bertz CT molecular complexity index is 1910. The van der Waals surface area contributed by atoms with Gasteiger partial charge in [0.1, 0.15) is 22.9 Å². The zero-order chi connectivity index (χ0) is 30.9. The molecule has 4 aromatic rings. The van der Waals surface area contributed by atoms with E-state index in [1.807, 2.05) is 4.72 Å². The van der Waals surface area contributed by atoms with Crippen LogP contribution in [0.1, 0.15) is 70.9 Å². The lowest BCUT2D eigenvalue weighted by atomic mass is 9.99. The number of amides is 1. The smallest absolute Gasteiger partial charge is 0.344 e. The molecule has 10 nitrogen and oxygen atoms in total. The Balaban J connectivity index is 1.12. The number of carbonyl (C=O) groups is 2. The van der Waals surface area contributed by atoms with E-state index in [-0.39, 0.29) is 46.4 Å². The van der Waals surface area contributed by atoms with Crippen LogP contribution in [0.3, 0.4) is 0 Å². The van der Waals surface area contributed by atoms with E-state index in [0.717, 1.165) is 38.0 Å². The molecule has 1 aliphatic carbocycles. The van der Waals surface area contributed by atoms with Crippen molar-refractivity contribution in [3.05, 3.63) is 63.1 Å². The van der Waals surface area contributed by atoms with Crippen LogP contribution in [-0.4, -0.2) is 54.9 Å². The molecule has 2 aromatic heterocycles. The van der Waals surface area contributed by atoms with E-state index < -0.39 is 27.7 Å². The minimum absolute atomic E-state index is 0.00559. The first-order valence-electron chi connectivity index (χ1n) is 14.0. The number of nitrogens with one attached hydrogen (secondary N) is 1. The van der Waals surface area contributed by atoms with Gasteiger partial charge in [-0.05, 0) is 49.9 Å². The fraction of sp³-hybridized carbons (Fsp3) is 0.379. The van der Waals surface area contributed by atoms with Crippen molar-refractivity contribution in [3.63, 3.8) is 0 Å². The summed E-state index contributed by atoms with van der Waals surface area (Å²) in [5.41, 5.74) is 0.956. The number of esters is 1. The maximum absolute atomic E-state index is 15.0. The van der Waals surface area contributed by atoms with Crippen molar-refractivity contribution in [2.24, 2.45) is 0 Å². The number of benzene rings is 2. The third kappa shape index (κ3) is 5.44. The minimum atomic E-state index is -3.81. The second-order valence-electron chi connectivity index (χ2n) is 11.4. The van der Waals surface area contributed by atoms with E-state index >= 15 is 0 Å². The summed E-state index contributed by atoms with van der Waals surface area (Å²) in [4.78, 5) is 32.7. The first-order chi connectivity index (χ1) is 21.0. The van der Waals surface area contributed by atoms with Crippen LogP contribution in [0.15, 0.2) is 34.9 Å². The van der Waals surface area contributed by atoms with Crippen molar-refractivity contribution < 1.29 is 31.7 Å². The number of aromatic nitrogens is 2. The lowest BCUT2D eigenvalue weighted by Gasteiger charge is -2.38. The summed E-state index contributed by atoms with van der Waals surface area (Å²) in [6.07, 6.45) is 5.06. The molecule has 44 heavy (non-hydrogen) atoms. The fourth-order valence-electron chi connectivity index (χ4n) is 6.21. The monoisotopic (exact) mass is 678 g/mol. The summed E-state index contributed by atoms with van der Waals surface area (Å²) in [5.74, 6) is -1.57. The van der Waals surface area contributed by atoms with E-state index in [9.17, 15) is 22.4 Å². The number of carbonyl (C=O) groups excluding carboxylic acids is 2. The molecule has 1 N–H and O–H groups in total. The number of hydrogen-bond acceptors (Lipinski definition) is 10. The SMILES string of the molecule is CS(=O)(=O)NC(=O)c1cc(F)c2nc(N3C4CCC3CC(OC(=O)c3c(-c5c(Cl)cccc5Cl)noc3C3CC3)C4)sc2c1. The standard InChI is InChI=1S/C29H25Cl2FN4O6S2/c1-44(39,40)35-27(37)14-9-20(32)24-21(10-14)43-29(33-24)36-15-7-8-16(36)12-17(11-15)41-28(38)23-25(34-42-26(23)13-5-6-13)22-18(30)3-2-4-19(22)31/h2-4,9-10,13,15-17H,5-8,11-12H2,1H3,(H,35,37). The Morgan fingerprint density at radius 1 is 1.11 bits per heavy atom. The number of halogens is 3. The Morgan fingerprint density at radius 2 is 1.80 bits per heavy atom. The Kier molecular flexibility index (Phi) is 7.34. The van der Waals surface area contributed by atoms with Gasteiger partial charge in [-0.15, -0.1) is 0 Å². The first-order valence-corrected chi connectivity index (χ1v) is 17.5. The van der Waals surface area contributed by atoms with Crippen molar-refractivity contribution >= 4 is 71.8 Å². The molecule has 3 aliphatic rings. The number of rotatable bonds is 7. The first kappa shape index (κ1) is 29.5.